The van der Waals surface area contributed by atoms with E-state index in [1.165, 1.54) is 37.7 Å². The molecule has 0 radical (unpaired) electrons. The second-order valence-corrected chi connectivity index (χ2v) is 5.78. The third kappa shape index (κ3) is 4.75. The highest BCUT2D eigenvalue weighted by Crippen LogP contribution is 2.30. The van der Waals surface area contributed by atoms with Crippen molar-refractivity contribution in [2.24, 2.45) is 5.92 Å². The second-order valence-electron chi connectivity index (χ2n) is 5.78. The van der Waals surface area contributed by atoms with Crippen LogP contribution in [0.5, 0.6) is 0 Å². The molecule has 0 spiro atoms. The fraction of sp³-hybridized carbons (Fsp3) is 0.556. The van der Waals surface area contributed by atoms with Crippen LogP contribution in [0.3, 0.4) is 0 Å². The predicted octanol–water partition coefficient (Wildman–Crippen LogP) is 4.79. The molecule has 1 nitrogen and oxygen atoms in total. The minimum absolute atomic E-state index is 0.162. The SMILES string of the molecule is CCCNC/C(=C/c1ccc(F)cc1)C1CCCCC1. The van der Waals surface area contributed by atoms with E-state index in [-0.39, 0.29) is 5.82 Å². The lowest BCUT2D eigenvalue weighted by Gasteiger charge is -2.25. The summed E-state index contributed by atoms with van der Waals surface area (Å²) in [5.74, 6) is 0.545. The van der Waals surface area contributed by atoms with Gasteiger partial charge in [-0.05, 0) is 49.4 Å². The number of benzene rings is 1. The predicted molar refractivity (Wildman–Crippen MR) is 84.1 cm³/mol. The summed E-state index contributed by atoms with van der Waals surface area (Å²) in [5.41, 5.74) is 2.61. The van der Waals surface area contributed by atoms with Crippen molar-refractivity contribution in [1.82, 2.24) is 5.32 Å². The molecule has 0 amide bonds. The first-order valence-corrected chi connectivity index (χ1v) is 7.96. The largest absolute Gasteiger partial charge is 0.313 e. The van der Waals surface area contributed by atoms with Gasteiger partial charge >= 0.3 is 0 Å². The number of hydrogen-bond donors (Lipinski definition) is 1. The van der Waals surface area contributed by atoms with E-state index in [4.69, 9.17) is 0 Å². The van der Waals surface area contributed by atoms with E-state index in [2.05, 4.69) is 18.3 Å². The Kier molecular flexibility index (Phi) is 6.25. The molecule has 20 heavy (non-hydrogen) atoms. The van der Waals surface area contributed by atoms with Crippen LogP contribution in [0.15, 0.2) is 29.8 Å². The van der Waals surface area contributed by atoms with Crippen LogP contribution in [0.1, 0.15) is 51.0 Å². The van der Waals surface area contributed by atoms with Crippen molar-refractivity contribution in [3.8, 4) is 0 Å². The Morgan fingerprint density at radius 1 is 1.20 bits per heavy atom. The van der Waals surface area contributed by atoms with E-state index in [1.807, 2.05) is 12.1 Å². The summed E-state index contributed by atoms with van der Waals surface area (Å²) in [6.45, 7) is 4.22. The van der Waals surface area contributed by atoms with Crippen molar-refractivity contribution in [3.63, 3.8) is 0 Å². The van der Waals surface area contributed by atoms with Crippen molar-refractivity contribution in [3.05, 3.63) is 41.2 Å². The average Bonchev–Trinajstić information content (AvgIpc) is 2.49. The first-order chi connectivity index (χ1) is 9.79. The Bertz CT molecular complexity index is 416. The summed E-state index contributed by atoms with van der Waals surface area (Å²) in [7, 11) is 0. The third-order valence-corrected chi connectivity index (χ3v) is 4.11. The van der Waals surface area contributed by atoms with Crippen LogP contribution in [-0.4, -0.2) is 13.1 Å². The summed E-state index contributed by atoms with van der Waals surface area (Å²) in [5, 5.41) is 3.52. The van der Waals surface area contributed by atoms with Gasteiger partial charge in [0.1, 0.15) is 5.82 Å². The molecule has 1 aromatic carbocycles. The van der Waals surface area contributed by atoms with E-state index >= 15 is 0 Å². The fourth-order valence-electron chi connectivity index (χ4n) is 2.97. The molecular formula is C18H26FN. The summed E-state index contributed by atoms with van der Waals surface area (Å²) in [6.07, 6.45) is 10.1. The highest BCUT2D eigenvalue weighted by Gasteiger charge is 2.17. The molecule has 0 bridgehead atoms. The lowest BCUT2D eigenvalue weighted by Crippen LogP contribution is -2.23. The van der Waals surface area contributed by atoms with E-state index in [9.17, 15) is 4.39 Å². The maximum atomic E-state index is 13.0. The minimum atomic E-state index is -0.162. The van der Waals surface area contributed by atoms with Gasteiger partial charge in [-0.1, -0.05) is 50.0 Å². The summed E-state index contributed by atoms with van der Waals surface area (Å²) >= 11 is 0. The first kappa shape index (κ1) is 15.2. The Morgan fingerprint density at radius 3 is 2.55 bits per heavy atom. The highest BCUT2D eigenvalue weighted by molar-refractivity contribution is 5.53. The highest BCUT2D eigenvalue weighted by atomic mass is 19.1. The van der Waals surface area contributed by atoms with Gasteiger partial charge in [0.2, 0.25) is 0 Å². The van der Waals surface area contributed by atoms with Gasteiger partial charge in [-0.15, -0.1) is 0 Å². The molecule has 110 valence electrons. The maximum absolute atomic E-state index is 13.0. The zero-order chi connectivity index (χ0) is 14.2. The van der Waals surface area contributed by atoms with Crippen molar-refractivity contribution in [2.75, 3.05) is 13.1 Å². The fourth-order valence-corrected chi connectivity index (χ4v) is 2.97. The molecular weight excluding hydrogens is 249 g/mol. The molecule has 0 unspecified atom stereocenters. The standard InChI is InChI=1S/C18H26FN/c1-2-12-20-14-17(16-6-4-3-5-7-16)13-15-8-10-18(19)11-9-15/h8-11,13,16,20H,2-7,12,14H2,1H3/b17-13-. The van der Waals surface area contributed by atoms with E-state index in [0.29, 0.717) is 5.92 Å². The van der Waals surface area contributed by atoms with Crippen molar-refractivity contribution in [1.29, 1.82) is 0 Å². The summed E-state index contributed by atoms with van der Waals surface area (Å²) < 4.78 is 13.0. The minimum Gasteiger partial charge on any atom is -0.313 e. The first-order valence-electron chi connectivity index (χ1n) is 7.96. The average molecular weight is 275 g/mol. The maximum Gasteiger partial charge on any atom is 0.123 e. The van der Waals surface area contributed by atoms with Gasteiger partial charge in [0.05, 0.1) is 0 Å². The molecule has 2 rings (SSSR count). The molecule has 0 heterocycles. The Labute approximate surface area is 122 Å². The molecule has 1 saturated carbocycles. The summed E-state index contributed by atoms with van der Waals surface area (Å²) in [4.78, 5) is 0. The van der Waals surface area contributed by atoms with Crippen molar-refractivity contribution in [2.45, 2.75) is 45.4 Å². The van der Waals surface area contributed by atoms with Crippen LogP contribution >= 0.6 is 0 Å². The van der Waals surface area contributed by atoms with Crippen LogP contribution in [0.25, 0.3) is 6.08 Å². The van der Waals surface area contributed by atoms with Crippen LogP contribution in [0.4, 0.5) is 4.39 Å². The molecule has 1 aliphatic rings. The molecule has 0 atom stereocenters. The molecule has 1 N–H and O–H groups in total. The van der Waals surface area contributed by atoms with Crippen LogP contribution in [-0.2, 0) is 0 Å². The number of nitrogens with one attached hydrogen (secondary N) is 1. The molecule has 0 aromatic heterocycles. The molecule has 0 aliphatic heterocycles. The quantitative estimate of drug-likeness (QED) is 0.736. The third-order valence-electron chi connectivity index (χ3n) is 4.11. The molecule has 2 heteroatoms. The monoisotopic (exact) mass is 275 g/mol. The second kappa shape index (κ2) is 8.21. The lowest BCUT2D eigenvalue weighted by molar-refractivity contribution is 0.396. The van der Waals surface area contributed by atoms with Gasteiger partial charge in [-0.25, -0.2) is 4.39 Å². The zero-order valence-electron chi connectivity index (χ0n) is 12.5. The van der Waals surface area contributed by atoms with Gasteiger partial charge in [-0.3, -0.25) is 0 Å². The van der Waals surface area contributed by atoms with Crippen molar-refractivity contribution >= 4 is 6.08 Å². The van der Waals surface area contributed by atoms with E-state index in [0.717, 1.165) is 25.1 Å². The Hall–Kier alpha value is -1.15. The van der Waals surface area contributed by atoms with E-state index in [1.54, 1.807) is 12.1 Å². The lowest BCUT2D eigenvalue weighted by atomic mass is 9.83. The number of halogens is 1. The normalized spacial score (nSPS) is 17.4. The van der Waals surface area contributed by atoms with Gasteiger partial charge in [0.25, 0.3) is 0 Å². The summed E-state index contributed by atoms with van der Waals surface area (Å²) in [6, 6.07) is 6.84. The van der Waals surface area contributed by atoms with E-state index < -0.39 is 0 Å². The molecule has 0 saturated heterocycles. The molecule has 1 aromatic rings. The van der Waals surface area contributed by atoms with Crippen LogP contribution < -0.4 is 5.32 Å². The van der Waals surface area contributed by atoms with Crippen molar-refractivity contribution < 1.29 is 4.39 Å². The Morgan fingerprint density at radius 2 is 1.90 bits per heavy atom. The van der Waals surface area contributed by atoms with Gasteiger partial charge in [-0.2, -0.15) is 0 Å². The molecule has 1 aliphatic carbocycles. The van der Waals surface area contributed by atoms with Crippen LogP contribution in [0.2, 0.25) is 0 Å². The number of rotatable bonds is 6. The van der Waals surface area contributed by atoms with Gasteiger partial charge in [0.15, 0.2) is 0 Å². The number of hydrogen-bond acceptors (Lipinski definition) is 1. The topological polar surface area (TPSA) is 12.0 Å². The van der Waals surface area contributed by atoms with Gasteiger partial charge < -0.3 is 5.32 Å². The zero-order valence-corrected chi connectivity index (χ0v) is 12.5. The smallest absolute Gasteiger partial charge is 0.123 e. The van der Waals surface area contributed by atoms with Crippen LogP contribution in [0, 0.1) is 11.7 Å². The molecule has 1 fully saturated rings. The Balaban J connectivity index is 2.09. The van der Waals surface area contributed by atoms with Gasteiger partial charge in [0, 0.05) is 6.54 Å².